The van der Waals surface area contributed by atoms with Crippen LogP contribution in [-0.4, -0.2) is 22.6 Å². The zero-order valence-corrected chi connectivity index (χ0v) is 12.2. The van der Waals surface area contributed by atoms with E-state index in [1.807, 2.05) is 6.07 Å². The summed E-state index contributed by atoms with van der Waals surface area (Å²) in [4.78, 5) is 21.0. The molecule has 0 saturated heterocycles. The summed E-state index contributed by atoms with van der Waals surface area (Å²) in [6.45, 7) is 5.06. The fraction of sp³-hybridized carbons (Fsp3) is 0.462. The Labute approximate surface area is 113 Å². The van der Waals surface area contributed by atoms with Gasteiger partial charge in [0.2, 0.25) is 0 Å². The Morgan fingerprint density at radius 2 is 1.84 bits per heavy atom. The molecule has 1 N–H and O–H groups in total. The number of hydrogen-bond donors (Lipinski definition) is 1. The smallest absolute Gasteiger partial charge is 0.339 e. The molecule has 1 aromatic carbocycles. The molecule has 0 saturated carbocycles. The van der Waals surface area contributed by atoms with Crippen LogP contribution < -0.4 is 0 Å². The topological polar surface area (TPSA) is 72.8 Å². The SMILES string of the molecule is CC(C)(C)OC(=O)CP(=O)(O)OCc1ccccc1. The molecule has 0 aliphatic rings. The second-order valence-electron chi connectivity index (χ2n) is 5.14. The Morgan fingerprint density at radius 1 is 1.26 bits per heavy atom. The Hall–Kier alpha value is -1.16. The molecule has 0 aromatic heterocycles. The third-order valence-corrected chi connectivity index (χ3v) is 3.22. The standard InChI is InChI=1S/C13H19O5P/c1-13(2,3)18-12(14)10-19(15,16)17-9-11-7-5-4-6-8-11/h4-8H,9-10H2,1-3H3,(H,15,16). The molecule has 106 valence electrons. The lowest BCUT2D eigenvalue weighted by Crippen LogP contribution is -2.25. The molecule has 0 radical (unpaired) electrons. The average Bonchev–Trinajstić information content (AvgIpc) is 2.24. The molecule has 1 atom stereocenters. The van der Waals surface area contributed by atoms with Gasteiger partial charge in [0, 0.05) is 0 Å². The average molecular weight is 286 g/mol. The van der Waals surface area contributed by atoms with Gasteiger partial charge < -0.3 is 14.2 Å². The summed E-state index contributed by atoms with van der Waals surface area (Å²) in [6, 6.07) is 8.98. The molecule has 1 unspecified atom stereocenters. The molecule has 6 heteroatoms. The number of hydrogen-bond acceptors (Lipinski definition) is 4. The van der Waals surface area contributed by atoms with Gasteiger partial charge in [-0.25, -0.2) is 0 Å². The number of rotatable bonds is 5. The van der Waals surface area contributed by atoms with Crippen LogP contribution in [0.1, 0.15) is 26.3 Å². The Morgan fingerprint density at radius 3 is 2.37 bits per heavy atom. The summed E-state index contributed by atoms with van der Waals surface area (Å²) in [7, 11) is -3.97. The number of carbonyl (C=O) groups is 1. The second-order valence-corrected chi connectivity index (χ2v) is 6.99. The monoisotopic (exact) mass is 286 g/mol. The van der Waals surface area contributed by atoms with Crippen LogP contribution in [0, 0.1) is 0 Å². The van der Waals surface area contributed by atoms with E-state index in [2.05, 4.69) is 0 Å². The molecule has 0 amide bonds. The van der Waals surface area contributed by atoms with E-state index in [0.29, 0.717) is 0 Å². The van der Waals surface area contributed by atoms with E-state index in [0.717, 1.165) is 5.56 Å². The van der Waals surface area contributed by atoms with Gasteiger partial charge in [0.25, 0.3) is 0 Å². The summed E-state index contributed by atoms with van der Waals surface area (Å²) in [5.41, 5.74) is 0.0808. The van der Waals surface area contributed by atoms with Gasteiger partial charge in [0.1, 0.15) is 11.8 Å². The van der Waals surface area contributed by atoms with Crippen LogP contribution in [0.5, 0.6) is 0 Å². The van der Waals surface area contributed by atoms with Crippen molar-refractivity contribution in [3.8, 4) is 0 Å². The van der Waals surface area contributed by atoms with Crippen LogP contribution in [0.4, 0.5) is 0 Å². The molecule has 1 aromatic rings. The van der Waals surface area contributed by atoms with Gasteiger partial charge >= 0.3 is 13.6 Å². The van der Waals surface area contributed by atoms with Gasteiger partial charge in [0.15, 0.2) is 0 Å². The van der Waals surface area contributed by atoms with Crippen LogP contribution in [-0.2, 0) is 25.2 Å². The van der Waals surface area contributed by atoms with E-state index >= 15 is 0 Å². The zero-order valence-electron chi connectivity index (χ0n) is 11.3. The highest BCUT2D eigenvalue weighted by Gasteiger charge is 2.27. The molecule has 0 heterocycles. The van der Waals surface area contributed by atoms with E-state index in [9.17, 15) is 14.3 Å². The molecule has 0 aliphatic carbocycles. The number of carbonyl (C=O) groups excluding carboxylic acids is 1. The molecular weight excluding hydrogens is 267 g/mol. The van der Waals surface area contributed by atoms with Crippen LogP contribution >= 0.6 is 7.60 Å². The lowest BCUT2D eigenvalue weighted by molar-refractivity contribution is -0.151. The minimum atomic E-state index is -3.97. The molecule has 0 fully saturated rings. The molecule has 5 nitrogen and oxygen atoms in total. The van der Waals surface area contributed by atoms with E-state index < -0.39 is 25.3 Å². The molecule has 19 heavy (non-hydrogen) atoms. The van der Waals surface area contributed by atoms with Crippen molar-refractivity contribution in [1.29, 1.82) is 0 Å². The van der Waals surface area contributed by atoms with Crippen molar-refractivity contribution in [2.75, 3.05) is 6.16 Å². The van der Waals surface area contributed by atoms with E-state index in [1.165, 1.54) is 0 Å². The van der Waals surface area contributed by atoms with Crippen molar-refractivity contribution in [3.63, 3.8) is 0 Å². The summed E-state index contributed by atoms with van der Waals surface area (Å²) in [5.74, 6) is -0.744. The Balaban J connectivity index is 2.48. The van der Waals surface area contributed by atoms with Gasteiger partial charge in [0.05, 0.1) is 6.61 Å². The highest BCUT2D eigenvalue weighted by molar-refractivity contribution is 7.53. The predicted molar refractivity (Wildman–Crippen MR) is 71.8 cm³/mol. The maximum absolute atomic E-state index is 11.7. The molecule has 0 spiro atoms. The van der Waals surface area contributed by atoms with Gasteiger partial charge in [-0.1, -0.05) is 30.3 Å². The Bertz CT molecular complexity index is 464. The first-order valence-electron chi connectivity index (χ1n) is 5.90. The fourth-order valence-electron chi connectivity index (χ4n) is 1.33. The van der Waals surface area contributed by atoms with E-state index in [-0.39, 0.29) is 6.61 Å². The van der Waals surface area contributed by atoms with Crippen LogP contribution in [0.25, 0.3) is 0 Å². The van der Waals surface area contributed by atoms with Crippen molar-refractivity contribution in [1.82, 2.24) is 0 Å². The third-order valence-electron chi connectivity index (χ3n) is 2.02. The van der Waals surface area contributed by atoms with Gasteiger partial charge in [-0.05, 0) is 26.3 Å². The molecular formula is C13H19O5P. The lowest BCUT2D eigenvalue weighted by atomic mass is 10.2. The van der Waals surface area contributed by atoms with Crippen molar-refractivity contribution in [2.45, 2.75) is 33.0 Å². The van der Waals surface area contributed by atoms with Crippen molar-refractivity contribution in [3.05, 3.63) is 35.9 Å². The zero-order chi connectivity index (χ0) is 14.5. The van der Waals surface area contributed by atoms with E-state index in [4.69, 9.17) is 9.26 Å². The fourth-order valence-corrected chi connectivity index (χ4v) is 2.17. The predicted octanol–water partition coefficient (Wildman–Crippen LogP) is 2.73. The van der Waals surface area contributed by atoms with Gasteiger partial charge in [-0.2, -0.15) is 0 Å². The molecule has 1 rings (SSSR count). The van der Waals surface area contributed by atoms with Crippen LogP contribution in [0.3, 0.4) is 0 Å². The first-order valence-corrected chi connectivity index (χ1v) is 7.66. The largest absolute Gasteiger partial charge is 0.459 e. The van der Waals surface area contributed by atoms with Crippen molar-refractivity contribution in [2.24, 2.45) is 0 Å². The van der Waals surface area contributed by atoms with E-state index in [1.54, 1.807) is 45.0 Å². The number of esters is 1. The quantitative estimate of drug-likeness (QED) is 0.665. The molecule has 0 aliphatic heterocycles. The summed E-state index contributed by atoms with van der Waals surface area (Å²) < 4.78 is 21.6. The summed E-state index contributed by atoms with van der Waals surface area (Å²) in [5, 5.41) is 0. The van der Waals surface area contributed by atoms with Crippen LogP contribution in [0.2, 0.25) is 0 Å². The minimum Gasteiger partial charge on any atom is -0.459 e. The highest BCUT2D eigenvalue weighted by Crippen LogP contribution is 2.42. The first-order chi connectivity index (χ1) is 8.68. The minimum absolute atomic E-state index is 0.0165. The number of benzene rings is 1. The summed E-state index contributed by atoms with van der Waals surface area (Å²) in [6.07, 6.45) is -0.642. The first kappa shape index (κ1) is 15.9. The lowest BCUT2D eigenvalue weighted by Gasteiger charge is -2.20. The van der Waals surface area contributed by atoms with Gasteiger partial charge in [-0.3, -0.25) is 9.36 Å². The van der Waals surface area contributed by atoms with Crippen LogP contribution in [0.15, 0.2) is 30.3 Å². The normalized spacial score (nSPS) is 14.7. The third kappa shape index (κ3) is 7.11. The molecule has 0 bridgehead atoms. The maximum Gasteiger partial charge on any atom is 0.339 e. The van der Waals surface area contributed by atoms with Crippen molar-refractivity contribution < 1.29 is 23.5 Å². The number of ether oxygens (including phenoxy) is 1. The Kier molecular flexibility index (Phi) is 5.29. The van der Waals surface area contributed by atoms with Crippen molar-refractivity contribution >= 4 is 13.6 Å². The second kappa shape index (κ2) is 6.33. The maximum atomic E-state index is 11.7. The van der Waals surface area contributed by atoms with Gasteiger partial charge in [-0.15, -0.1) is 0 Å². The summed E-state index contributed by atoms with van der Waals surface area (Å²) >= 11 is 0. The highest BCUT2D eigenvalue weighted by atomic mass is 31.2.